The first-order chi connectivity index (χ1) is 14.8. The number of hydrogen-bond acceptors (Lipinski definition) is 5. The predicted octanol–water partition coefficient (Wildman–Crippen LogP) is 2.04. The number of rotatable bonds is 7. The third-order valence-corrected chi connectivity index (χ3v) is 6.99. The van der Waals surface area contributed by atoms with Crippen LogP contribution in [0.15, 0.2) is 59.5 Å². The molecule has 2 aromatic carbocycles. The van der Waals surface area contributed by atoms with Gasteiger partial charge in [0.05, 0.1) is 17.4 Å². The number of benzene rings is 2. The maximum Gasteiger partial charge on any atom is 0.243 e. The largest absolute Gasteiger partial charge is 0.347 e. The number of carbonyl (C=O) groups is 3. The molecule has 0 aliphatic carbocycles. The summed E-state index contributed by atoms with van der Waals surface area (Å²) in [6.07, 6.45) is 1.11. The number of amides is 2. The molecule has 164 valence electrons. The molecule has 2 aromatic rings. The zero-order valence-electron chi connectivity index (χ0n) is 17.2. The van der Waals surface area contributed by atoms with Crippen LogP contribution in [0.25, 0.3) is 0 Å². The van der Waals surface area contributed by atoms with Crippen LogP contribution >= 0.6 is 0 Å². The van der Waals surface area contributed by atoms with Crippen LogP contribution in [0.3, 0.4) is 0 Å². The first-order valence-corrected chi connectivity index (χ1v) is 11.4. The van der Waals surface area contributed by atoms with Gasteiger partial charge in [-0.25, -0.2) is 8.42 Å². The highest BCUT2D eigenvalue weighted by molar-refractivity contribution is 7.89. The van der Waals surface area contributed by atoms with Crippen LogP contribution < -0.4 is 10.6 Å². The van der Waals surface area contributed by atoms with Gasteiger partial charge in [-0.05, 0) is 44.0 Å². The molecule has 1 heterocycles. The number of anilines is 1. The Bertz CT molecular complexity index is 1070. The summed E-state index contributed by atoms with van der Waals surface area (Å²) < 4.78 is 26.9. The number of piperidine rings is 1. The molecule has 0 bridgehead atoms. The van der Waals surface area contributed by atoms with Gasteiger partial charge < -0.3 is 10.6 Å². The number of nitrogens with one attached hydrogen (secondary N) is 2. The fourth-order valence-electron chi connectivity index (χ4n) is 3.45. The Balaban J connectivity index is 1.55. The summed E-state index contributed by atoms with van der Waals surface area (Å²) in [5.41, 5.74) is 0.938. The van der Waals surface area contributed by atoms with Crippen LogP contribution in [0.1, 0.15) is 30.1 Å². The second kappa shape index (κ2) is 9.84. The lowest BCUT2D eigenvalue weighted by molar-refractivity contribution is -0.128. The Morgan fingerprint density at radius 3 is 2.52 bits per heavy atom. The molecule has 1 fully saturated rings. The number of Topliss-reactive ketones (excluding diaryl/α,β-unsaturated/α-hetero) is 1. The molecular formula is C22H25N3O5S. The third-order valence-electron chi connectivity index (χ3n) is 5.11. The highest BCUT2D eigenvalue weighted by Gasteiger charge is 2.33. The average Bonchev–Trinajstić information content (AvgIpc) is 2.78. The van der Waals surface area contributed by atoms with Crippen molar-refractivity contribution >= 4 is 33.3 Å². The van der Waals surface area contributed by atoms with Crippen LogP contribution in [0.5, 0.6) is 0 Å². The maximum atomic E-state index is 12.8. The predicted molar refractivity (Wildman–Crippen MR) is 116 cm³/mol. The molecule has 9 heteroatoms. The standard InChI is InChI=1S/C22H25N3O5S/c1-16(26)17-7-5-9-19(13-17)24-21(27)14-23-22(28)18-8-6-12-25(15-18)31(29,30)20-10-3-2-4-11-20/h2-5,7,9-11,13,18H,6,8,12,14-15H2,1H3,(H,23,28)(H,24,27)/t18-/m0/s1. The number of carbonyl (C=O) groups excluding carboxylic acids is 3. The lowest BCUT2D eigenvalue weighted by Gasteiger charge is -2.31. The van der Waals surface area contributed by atoms with Crippen molar-refractivity contribution < 1.29 is 22.8 Å². The van der Waals surface area contributed by atoms with Gasteiger partial charge in [0.2, 0.25) is 21.8 Å². The molecular weight excluding hydrogens is 418 g/mol. The molecule has 0 radical (unpaired) electrons. The SMILES string of the molecule is CC(=O)c1cccc(NC(=O)CNC(=O)[C@H]2CCCN(S(=O)(=O)c3ccccc3)C2)c1. The summed E-state index contributed by atoms with van der Waals surface area (Å²) in [5, 5.41) is 5.22. The molecule has 1 atom stereocenters. The summed E-state index contributed by atoms with van der Waals surface area (Å²) in [6.45, 7) is 1.62. The van der Waals surface area contributed by atoms with E-state index in [1.807, 2.05) is 0 Å². The Kier molecular flexibility index (Phi) is 7.19. The monoisotopic (exact) mass is 443 g/mol. The maximum absolute atomic E-state index is 12.8. The van der Waals surface area contributed by atoms with Gasteiger partial charge in [-0.1, -0.05) is 30.3 Å². The van der Waals surface area contributed by atoms with E-state index in [1.54, 1.807) is 42.5 Å². The van der Waals surface area contributed by atoms with Crippen molar-refractivity contribution in [3.63, 3.8) is 0 Å². The lowest BCUT2D eigenvalue weighted by Crippen LogP contribution is -2.46. The smallest absolute Gasteiger partial charge is 0.243 e. The summed E-state index contributed by atoms with van der Waals surface area (Å²) in [7, 11) is -3.67. The fraction of sp³-hybridized carbons (Fsp3) is 0.318. The van der Waals surface area contributed by atoms with Crippen molar-refractivity contribution in [2.24, 2.45) is 5.92 Å². The molecule has 0 saturated carbocycles. The van der Waals surface area contributed by atoms with Crippen molar-refractivity contribution in [3.05, 3.63) is 60.2 Å². The number of nitrogens with zero attached hydrogens (tertiary/aromatic N) is 1. The van der Waals surface area contributed by atoms with Crippen LogP contribution in [-0.2, 0) is 19.6 Å². The van der Waals surface area contributed by atoms with Crippen LogP contribution in [0.4, 0.5) is 5.69 Å². The molecule has 2 N–H and O–H groups in total. The van der Waals surface area contributed by atoms with E-state index in [-0.39, 0.29) is 29.7 Å². The first kappa shape index (κ1) is 22.6. The number of sulfonamides is 1. The molecule has 0 spiro atoms. The summed E-state index contributed by atoms with van der Waals surface area (Å²) in [6, 6.07) is 14.7. The quantitative estimate of drug-likeness (QED) is 0.636. The summed E-state index contributed by atoms with van der Waals surface area (Å²) >= 11 is 0. The van der Waals surface area contributed by atoms with Crippen LogP contribution in [-0.4, -0.2) is 50.0 Å². The van der Waals surface area contributed by atoms with E-state index in [2.05, 4.69) is 10.6 Å². The molecule has 8 nitrogen and oxygen atoms in total. The third kappa shape index (κ3) is 5.77. The Morgan fingerprint density at radius 1 is 1.06 bits per heavy atom. The van der Waals surface area contributed by atoms with E-state index in [0.29, 0.717) is 30.6 Å². The average molecular weight is 444 g/mol. The Labute approximate surface area is 181 Å². The van der Waals surface area contributed by atoms with E-state index >= 15 is 0 Å². The summed E-state index contributed by atoms with van der Waals surface area (Å²) in [5.74, 6) is -1.43. The minimum atomic E-state index is -3.67. The molecule has 1 aliphatic heterocycles. The minimum Gasteiger partial charge on any atom is -0.347 e. The van der Waals surface area contributed by atoms with Crippen molar-refractivity contribution in [2.45, 2.75) is 24.7 Å². The van der Waals surface area contributed by atoms with E-state index in [0.717, 1.165) is 0 Å². The minimum absolute atomic E-state index is 0.0747. The van der Waals surface area contributed by atoms with Gasteiger partial charge in [-0.15, -0.1) is 0 Å². The topological polar surface area (TPSA) is 113 Å². The molecule has 3 rings (SSSR count). The van der Waals surface area contributed by atoms with E-state index in [1.165, 1.54) is 23.4 Å². The van der Waals surface area contributed by atoms with Gasteiger partial charge in [-0.3, -0.25) is 14.4 Å². The van der Waals surface area contributed by atoms with E-state index < -0.39 is 21.8 Å². The molecule has 0 unspecified atom stereocenters. The highest BCUT2D eigenvalue weighted by atomic mass is 32.2. The summed E-state index contributed by atoms with van der Waals surface area (Å²) in [4.78, 5) is 36.4. The van der Waals surface area contributed by atoms with Crippen molar-refractivity contribution in [3.8, 4) is 0 Å². The van der Waals surface area contributed by atoms with Crippen LogP contribution in [0, 0.1) is 5.92 Å². The number of ketones is 1. The zero-order valence-corrected chi connectivity index (χ0v) is 18.0. The fourth-order valence-corrected chi connectivity index (χ4v) is 4.99. The lowest BCUT2D eigenvalue weighted by atomic mass is 9.99. The van der Waals surface area contributed by atoms with Crippen LogP contribution in [0.2, 0.25) is 0 Å². The van der Waals surface area contributed by atoms with Gasteiger partial charge in [0, 0.05) is 24.3 Å². The normalized spacial score (nSPS) is 17.0. The molecule has 1 saturated heterocycles. The second-order valence-electron chi connectivity index (χ2n) is 7.42. The van der Waals surface area contributed by atoms with Gasteiger partial charge in [0.1, 0.15) is 0 Å². The molecule has 31 heavy (non-hydrogen) atoms. The van der Waals surface area contributed by atoms with Crippen molar-refractivity contribution in [1.29, 1.82) is 0 Å². The zero-order chi connectivity index (χ0) is 22.4. The van der Waals surface area contributed by atoms with Gasteiger partial charge in [-0.2, -0.15) is 4.31 Å². The second-order valence-corrected chi connectivity index (χ2v) is 9.36. The van der Waals surface area contributed by atoms with E-state index in [9.17, 15) is 22.8 Å². The molecule has 0 aromatic heterocycles. The van der Waals surface area contributed by atoms with E-state index in [4.69, 9.17) is 0 Å². The van der Waals surface area contributed by atoms with Crippen molar-refractivity contribution in [1.82, 2.24) is 9.62 Å². The van der Waals surface area contributed by atoms with Crippen molar-refractivity contribution in [2.75, 3.05) is 25.0 Å². The Hall–Kier alpha value is -3.04. The van der Waals surface area contributed by atoms with Gasteiger partial charge >= 0.3 is 0 Å². The van der Waals surface area contributed by atoms with Gasteiger partial charge in [0.15, 0.2) is 5.78 Å². The first-order valence-electron chi connectivity index (χ1n) is 10.0. The highest BCUT2D eigenvalue weighted by Crippen LogP contribution is 2.23. The molecule has 2 amide bonds. The molecule has 1 aliphatic rings. The Morgan fingerprint density at radius 2 is 1.81 bits per heavy atom. The number of hydrogen-bond donors (Lipinski definition) is 2. The van der Waals surface area contributed by atoms with Gasteiger partial charge in [0.25, 0.3) is 0 Å².